The third kappa shape index (κ3) is 2.75. The Labute approximate surface area is 110 Å². The first-order valence-electron chi connectivity index (χ1n) is 5.70. The molecule has 0 atom stereocenters. The van der Waals surface area contributed by atoms with Crippen molar-refractivity contribution in [1.29, 1.82) is 0 Å². The molecule has 0 aliphatic heterocycles. The summed E-state index contributed by atoms with van der Waals surface area (Å²) in [5.74, 6) is 0. The summed E-state index contributed by atoms with van der Waals surface area (Å²) >= 11 is 0. The van der Waals surface area contributed by atoms with E-state index in [4.69, 9.17) is 5.11 Å². The molecule has 1 aliphatic rings. The average molecular weight is 286 g/mol. The molecule has 2 N–H and O–H groups in total. The number of hydrogen-bond acceptors (Lipinski definition) is 5. The lowest BCUT2D eigenvalue weighted by atomic mass is 10.2. The summed E-state index contributed by atoms with van der Waals surface area (Å²) in [7, 11) is -3.87. The summed E-state index contributed by atoms with van der Waals surface area (Å²) in [4.78, 5) is 9.93. The average Bonchev–Trinajstić information content (AvgIpc) is 3.08. The Morgan fingerprint density at radius 3 is 2.58 bits per heavy atom. The van der Waals surface area contributed by atoms with Gasteiger partial charge in [0.15, 0.2) is 0 Å². The van der Waals surface area contributed by atoms with E-state index in [1.807, 2.05) is 0 Å². The number of hydrogen-bond donors (Lipinski definition) is 2. The first-order chi connectivity index (χ1) is 8.80. The molecule has 0 bridgehead atoms. The van der Waals surface area contributed by atoms with Crippen LogP contribution in [0, 0.1) is 17.0 Å². The fourth-order valence-corrected chi connectivity index (χ4v) is 3.49. The number of nitrogens with one attached hydrogen (secondary N) is 1. The number of aliphatic hydroxyl groups excluding tert-OH is 1. The maximum absolute atomic E-state index is 12.2. The molecule has 0 amide bonds. The van der Waals surface area contributed by atoms with Crippen molar-refractivity contribution < 1.29 is 18.4 Å². The molecule has 19 heavy (non-hydrogen) atoms. The third-order valence-electron chi connectivity index (χ3n) is 3.18. The minimum atomic E-state index is -3.87. The summed E-state index contributed by atoms with van der Waals surface area (Å²) in [5.41, 5.74) is -0.651. The second-order valence-electron chi connectivity index (χ2n) is 4.75. The van der Waals surface area contributed by atoms with E-state index in [1.165, 1.54) is 12.1 Å². The van der Waals surface area contributed by atoms with Crippen molar-refractivity contribution in [3.8, 4) is 0 Å². The van der Waals surface area contributed by atoms with Crippen LogP contribution in [-0.4, -0.2) is 30.6 Å². The topological polar surface area (TPSA) is 110 Å². The van der Waals surface area contributed by atoms with Crippen LogP contribution in [0.2, 0.25) is 0 Å². The van der Waals surface area contributed by atoms with Crippen LogP contribution in [0.3, 0.4) is 0 Å². The second kappa shape index (κ2) is 4.55. The van der Waals surface area contributed by atoms with Gasteiger partial charge in [-0.1, -0.05) is 6.07 Å². The predicted molar refractivity (Wildman–Crippen MR) is 67.2 cm³/mol. The van der Waals surface area contributed by atoms with Crippen molar-refractivity contribution in [3.63, 3.8) is 0 Å². The van der Waals surface area contributed by atoms with Gasteiger partial charge in [0.25, 0.3) is 5.69 Å². The second-order valence-corrected chi connectivity index (χ2v) is 6.40. The maximum atomic E-state index is 12.2. The van der Waals surface area contributed by atoms with Gasteiger partial charge in [0.1, 0.15) is 0 Å². The molecule has 104 valence electrons. The van der Waals surface area contributed by atoms with Crippen molar-refractivity contribution in [2.24, 2.45) is 0 Å². The van der Waals surface area contributed by atoms with E-state index in [9.17, 15) is 18.5 Å². The van der Waals surface area contributed by atoms with Crippen molar-refractivity contribution in [1.82, 2.24) is 4.72 Å². The van der Waals surface area contributed by atoms with Crippen molar-refractivity contribution in [2.75, 3.05) is 6.61 Å². The fraction of sp³-hybridized carbons (Fsp3) is 0.455. The third-order valence-corrected chi connectivity index (χ3v) is 4.90. The van der Waals surface area contributed by atoms with Gasteiger partial charge in [-0.15, -0.1) is 0 Å². The van der Waals surface area contributed by atoms with Crippen LogP contribution in [0.5, 0.6) is 0 Å². The Hall–Kier alpha value is -1.51. The Kier molecular flexibility index (Phi) is 3.33. The monoisotopic (exact) mass is 286 g/mol. The lowest BCUT2D eigenvalue weighted by molar-refractivity contribution is -0.385. The van der Waals surface area contributed by atoms with Crippen LogP contribution in [0.1, 0.15) is 18.4 Å². The van der Waals surface area contributed by atoms with Crippen molar-refractivity contribution >= 4 is 15.7 Å². The number of rotatable bonds is 5. The number of nitro benzene ring substituents is 1. The van der Waals surface area contributed by atoms with Gasteiger partial charge >= 0.3 is 0 Å². The van der Waals surface area contributed by atoms with Gasteiger partial charge in [-0.2, -0.15) is 0 Å². The van der Waals surface area contributed by atoms with Gasteiger partial charge in [0, 0.05) is 12.1 Å². The number of nitro groups is 1. The first kappa shape index (κ1) is 13.9. The van der Waals surface area contributed by atoms with E-state index in [2.05, 4.69) is 4.72 Å². The Morgan fingerprint density at radius 1 is 1.47 bits per heavy atom. The summed E-state index contributed by atoms with van der Waals surface area (Å²) in [6.45, 7) is 1.29. The quantitative estimate of drug-likeness (QED) is 0.612. The van der Waals surface area contributed by atoms with Crippen LogP contribution in [0.4, 0.5) is 5.69 Å². The molecule has 1 saturated carbocycles. The Bertz CT molecular complexity index is 622. The molecule has 0 spiro atoms. The molecule has 0 radical (unpaired) electrons. The highest BCUT2D eigenvalue weighted by atomic mass is 32.2. The van der Waals surface area contributed by atoms with Crippen molar-refractivity contribution in [2.45, 2.75) is 30.2 Å². The number of aliphatic hydroxyl groups is 1. The SMILES string of the molecule is Cc1ccc([N+](=O)[O-])cc1S(=O)(=O)NC1(CO)CC1. The van der Waals surface area contributed by atoms with E-state index in [1.54, 1.807) is 6.92 Å². The van der Waals surface area contributed by atoms with Crippen LogP contribution >= 0.6 is 0 Å². The molecular formula is C11H14N2O5S. The van der Waals surface area contributed by atoms with E-state index >= 15 is 0 Å². The molecule has 0 unspecified atom stereocenters. The molecule has 1 aromatic carbocycles. The van der Waals surface area contributed by atoms with Gasteiger partial charge in [-0.25, -0.2) is 13.1 Å². The van der Waals surface area contributed by atoms with Gasteiger partial charge < -0.3 is 5.11 Å². The maximum Gasteiger partial charge on any atom is 0.270 e. The Morgan fingerprint density at radius 2 is 2.11 bits per heavy atom. The summed E-state index contributed by atoms with van der Waals surface area (Å²) < 4.78 is 26.8. The predicted octanol–water partition coefficient (Wildman–Crippen LogP) is 0.706. The van der Waals surface area contributed by atoms with Crippen LogP contribution in [0.15, 0.2) is 23.1 Å². The van der Waals surface area contributed by atoms with Crippen molar-refractivity contribution in [3.05, 3.63) is 33.9 Å². The van der Waals surface area contributed by atoms with E-state index in [0.717, 1.165) is 6.07 Å². The summed E-state index contributed by atoms with van der Waals surface area (Å²) in [6, 6.07) is 3.68. The zero-order chi connectivity index (χ0) is 14.3. The number of nitrogens with zero attached hydrogens (tertiary/aromatic N) is 1. The summed E-state index contributed by atoms with van der Waals surface area (Å²) in [6.07, 6.45) is 1.13. The molecule has 0 heterocycles. The van der Waals surface area contributed by atoms with Gasteiger partial charge in [-0.05, 0) is 25.3 Å². The van der Waals surface area contributed by atoms with Gasteiger partial charge in [-0.3, -0.25) is 10.1 Å². The minimum absolute atomic E-state index is 0.124. The highest BCUT2D eigenvalue weighted by Gasteiger charge is 2.45. The first-order valence-corrected chi connectivity index (χ1v) is 7.18. The zero-order valence-corrected chi connectivity index (χ0v) is 11.1. The zero-order valence-electron chi connectivity index (χ0n) is 10.3. The number of non-ortho nitro benzene ring substituents is 1. The molecule has 0 saturated heterocycles. The molecule has 8 heteroatoms. The minimum Gasteiger partial charge on any atom is -0.394 e. The number of benzene rings is 1. The van der Waals surface area contributed by atoms with E-state index in [0.29, 0.717) is 18.4 Å². The highest BCUT2D eigenvalue weighted by Crippen LogP contribution is 2.36. The lowest BCUT2D eigenvalue weighted by Crippen LogP contribution is -2.39. The van der Waals surface area contributed by atoms with Gasteiger partial charge in [0.05, 0.1) is 22.0 Å². The van der Waals surface area contributed by atoms with E-state index < -0.39 is 20.5 Å². The van der Waals surface area contributed by atoms with E-state index in [-0.39, 0.29) is 17.2 Å². The molecule has 0 aromatic heterocycles. The molecule has 1 aromatic rings. The standard InChI is InChI=1S/C11H14N2O5S/c1-8-2-3-9(13(15)16)6-10(8)19(17,18)12-11(7-14)4-5-11/h2-3,6,12,14H,4-5,7H2,1H3. The molecule has 2 rings (SSSR count). The summed E-state index contributed by atoms with van der Waals surface area (Å²) in [5, 5.41) is 19.8. The van der Waals surface area contributed by atoms with Crippen LogP contribution < -0.4 is 4.72 Å². The number of sulfonamides is 1. The van der Waals surface area contributed by atoms with Crippen LogP contribution in [-0.2, 0) is 10.0 Å². The Balaban J connectivity index is 2.40. The van der Waals surface area contributed by atoms with Gasteiger partial charge in [0.2, 0.25) is 10.0 Å². The normalized spacial score (nSPS) is 17.2. The fourth-order valence-electron chi connectivity index (χ4n) is 1.78. The molecule has 7 nitrogen and oxygen atoms in total. The lowest BCUT2D eigenvalue weighted by Gasteiger charge is -2.15. The number of aryl methyl sites for hydroxylation is 1. The molecule has 1 aliphatic carbocycles. The molecule has 1 fully saturated rings. The highest BCUT2D eigenvalue weighted by molar-refractivity contribution is 7.89. The smallest absolute Gasteiger partial charge is 0.270 e. The van der Waals surface area contributed by atoms with Crippen LogP contribution in [0.25, 0.3) is 0 Å². The molecular weight excluding hydrogens is 272 g/mol. The largest absolute Gasteiger partial charge is 0.394 e.